The third-order valence-electron chi connectivity index (χ3n) is 2.70. The van der Waals surface area contributed by atoms with Crippen LogP contribution in [0.15, 0.2) is 11.8 Å². The number of carbonyl (C=O) groups is 1. The lowest BCUT2D eigenvalue weighted by Crippen LogP contribution is -2.17. The lowest BCUT2D eigenvalue weighted by molar-refractivity contribution is -0.118. The molecule has 0 N–H and O–H groups in total. The molecule has 1 aliphatic heterocycles. The predicted molar refractivity (Wildman–Crippen MR) is 59.0 cm³/mol. The molecule has 0 aromatic rings. The second-order valence-corrected chi connectivity index (χ2v) is 4.27. The number of ketones is 1. The molecule has 0 bridgehead atoms. The first-order valence-electron chi connectivity index (χ1n) is 5.64. The quantitative estimate of drug-likeness (QED) is 0.643. The fraction of sp³-hybridized carbons (Fsp3) is 0.750. The third kappa shape index (κ3) is 2.86. The van der Waals surface area contributed by atoms with Crippen molar-refractivity contribution < 1.29 is 4.79 Å². The molecule has 0 radical (unpaired) electrons. The van der Waals surface area contributed by atoms with Crippen LogP contribution in [0.4, 0.5) is 0 Å². The summed E-state index contributed by atoms with van der Waals surface area (Å²) in [6.45, 7) is 8.23. The van der Waals surface area contributed by atoms with E-state index >= 15 is 0 Å². The van der Waals surface area contributed by atoms with Crippen LogP contribution in [0.3, 0.4) is 0 Å². The largest absolute Gasteiger partial charge is 0.377 e. The second kappa shape index (κ2) is 5.18. The summed E-state index contributed by atoms with van der Waals surface area (Å²) in [4.78, 5) is 14.0. The number of Topliss-reactive ketones (excluding diaryl/α,β-unsaturated/α-hetero) is 1. The maximum atomic E-state index is 11.8. The molecule has 0 atom stereocenters. The van der Waals surface area contributed by atoms with E-state index in [1.807, 2.05) is 13.8 Å². The van der Waals surface area contributed by atoms with Gasteiger partial charge >= 0.3 is 0 Å². The van der Waals surface area contributed by atoms with Crippen molar-refractivity contribution in [2.75, 3.05) is 13.1 Å². The summed E-state index contributed by atoms with van der Waals surface area (Å²) in [6, 6.07) is 0. The van der Waals surface area contributed by atoms with Gasteiger partial charge in [-0.1, -0.05) is 20.8 Å². The van der Waals surface area contributed by atoms with E-state index in [1.165, 1.54) is 12.8 Å². The highest BCUT2D eigenvalue weighted by molar-refractivity contribution is 5.96. The van der Waals surface area contributed by atoms with Crippen LogP contribution >= 0.6 is 0 Å². The zero-order chi connectivity index (χ0) is 10.6. The molecule has 0 aromatic heterocycles. The van der Waals surface area contributed by atoms with Crippen LogP contribution in [-0.4, -0.2) is 23.8 Å². The summed E-state index contributed by atoms with van der Waals surface area (Å²) in [5.41, 5.74) is 0.988. The Kier molecular flexibility index (Phi) is 4.18. The molecule has 1 rings (SSSR count). The molecule has 1 fully saturated rings. The van der Waals surface area contributed by atoms with Gasteiger partial charge in [0.05, 0.1) is 0 Å². The topological polar surface area (TPSA) is 20.3 Å². The Hall–Kier alpha value is -0.790. The molecule has 1 saturated heterocycles. The summed E-state index contributed by atoms with van der Waals surface area (Å²) in [5.74, 6) is 0.434. The molecule has 1 aliphatic rings. The summed E-state index contributed by atoms with van der Waals surface area (Å²) in [5, 5.41) is 0. The van der Waals surface area contributed by atoms with Gasteiger partial charge in [0, 0.05) is 30.8 Å². The number of allylic oxidation sites excluding steroid dienone is 1. The Morgan fingerprint density at radius 3 is 2.36 bits per heavy atom. The highest BCUT2D eigenvalue weighted by Crippen LogP contribution is 2.14. The van der Waals surface area contributed by atoms with Crippen molar-refractivity contribution in [1.29, 1.82) is 0 Å². The van der Waals surface area contributed by atoms with E-state index < -0.39 is 0 Å². The number of rotatable bonds is 4. The van der Waals surface area contributed by atoms with Crippen molar-refractivity contribution in [1.82, 2.24) is 4.90 Å². The smallest absolute Gasteiger partial charge is 0.162 e. The van der Waals surface area contributed by atoms with Gasteiger partial charge in [0.25, 0.3) is 0 Å². The molecule has 14 heavy (non-hydrogen) atoms. The van der Waals surface area contributed by atoms with E-state index in [9.17, 15) is 4.79 Å². The van der Waals surface area contributed by atoms with Gasteiger partial charge in [-0.3, -0.25) is 4.79 Å². The van der Waals surface area contributed by atoms with Crippen LogP contribution < -0.4 is 0 Å². The van der Waals surface area contributed by atoms with Gasteiger partial charge < -0.3 is 4.90 Å². The van der Waals surface area contributed by atoms with Gasteiger partial charge in [-0.05, 0) is 19.3 Å². The van der Waals surface area contributed by atoms with Crippen LogP contribution in [0.1, 0.15) is 40.0 Å². The Balaban J connectivity index is 2.64. The molecule has 0 spiro atoms. The van der Waals surface area contributed by atoms with Crippen LogP contribution in [0.25, 0.3) is 0 Å². The maximum absolute atomic E-state index is 11.8. The van der Waals surface area contributed by atoms with Crippen LogP contribution in [0, 0.1) is 5.92 Å². The van der Waals surface area contributed by atoms with E-state index in [4.69, 9.17) is 0 Å². The van der Waals surface area contributed by atoms with E-state index in [-0.39, 0.29) is 5.92 Å². The molecule has 2 nitrogen and oxygen atoms in total. The SMILES string of the molecule is CCC(=CN1CCCC1)C(=O)C(C)C. The summed E-state index contributed by atoms with van der Waals surface area (Å²) in [6.07, 6.45) is 5.47. The molecular formula is C12H21NO. The fourth-order valence-electron chi connectivity index (χ4n) is 1.79. The Morgan fingerprint density at radius 2 is 1.93 bits per heavy atom. The van der Waals surface area contributed by atoms with Gasteiger partial charge in [0.15, 0.2) is 5.78 Å². The van der Waals surface area contributed by atoms with E-state index in [2.05, 4.69) is 18.0 Å². The minimum Gasteiger partial charge on any atom is -0.377 e. The summed E-state index contributed by atoms with van der Waals surface area (Å²) < 4.78 is 0. The normalized spacial score (nSPS) is 18.0. The van der Waals surface area contributed by atoms with Crippen molar-refractivity contribution in [3.8, 4) is 0 Å². The molecule has 0 unspecified atom stereocenters. The van der Waals surface area contributed by atoms with Crippen LogP contribution in [0.5, 0.6) is 0 Å². The molecule has 0 amide bonds. The Bertz CT molecular complexity index is 224. The average molecular weight is 195 g/mol. The summed E-state index contributed by atoms with van der Waals surface area (Å²) in [7, 11) is 0. The number of nitrogens with zero attached hydrogens (tertiary/aromatic N) is 1. The minimum absolute atomic E-state index is 0.129. The van der Waals surface area contributed by atoms with Crippen molar-refractivity contribution in [2.24, 2.45) is 5.92 Å². The summed E-state index contributed by atoms with van der Waals surface area (Å²) >= 11 is 0. The van der Waals surface area contributed by atoms with Gasteiger partial charge in [-0.15, -0.1) is 0 Å². The fourth-order valence-corrected chi connectivity index (χ4v) is 1.79. The molecule has 0 aliphatic carbocycles. The van der Waals surface area contributed by atoms with Gasteiger partial charge in [0.2, 0.25) is 0 Å². The van der Waals surface area contributed by atoms with E-state index in [0.717, 1.165) is 25.1 Å². The molecular weight excluding hydrogens is 174 g/mol. The molecule has 2 heteroatoms. The maximum Gasteiger partial charge on any atom is 0.162 e. The first-order valence-corrected chi connectivity index (χ1v) is 5.64. The minimum atomic E-state index is 0.129. The standard InChI is InChI=1S/C12H21NO/c1-4-11(12(14)10(2)3)9-13-7-5-6-8-13/h9-10H,4-8H2,1-3H3. The Morgan fingerprint density at radius 1 is 1.36 bits per heavy atom. The first kappa shape index (κ1) is 11.3. The van der Waals surface area contributed by atoms with Crippen molar-refractivity contribution in [3.63, 3.8) is 0 Å². The average Bonchev–Trinajstić information content (AvgIpc) is 2.65. The number of likely N-dealkylation sites (tertiary alicyclic amines) is 1. The zero-order valence-electron chi connectivity index (χ0n) is 9.55. The van der Waals surface area contributed by atoms with Gasteiger partial charge in [-0.2, -0.15) is 0 Å². The number of carbonyl (C=O) groups excluding carboxylic acids is 1. The molecule has 0 saturated carbocycles. The molecule has 1 heterocycles. The second-order valence-electron chi connectivity index (χ2n) is 4.27. The highest BCUT2D eigenvalue weighted by atomic mass is 16.1. The lowest BCUT2D eigenvalue weighted by Gasteiger charge is -2.15. The monoisotopic (exact) mass is 195 g/mol. The van der Waals surface area contributed by atoms with Crippen LogP contribution in [0.2, 0.25) is 0 Å². The third-order valence-corrected chi connectivity index (χ3v) is 2.70. The highest BCUT2D eigenvalue weighted by Gasteiger charge is 2.14. The number of hydrogen-bond donors (Lipinski definition) is 0. The zero-order valence-corrected chi connectivity index (χ0v) is 9.55. The first-order chi connectivity index (χ1) is 6.65. The lowest BCUT2D eigenvalue weighted by atomic mass is 10.00. The molecule has 80 valence electrons. The van der Waals surface area contributed by atoms with Gasteiger partial charge in [0.1, 0.15) is 0 Å². The molecule has 0 aromatic carbocycles. The van der Waals surface area contributed by atoms with Crippen molar-refractivity contribution in [2.45, 2.75) is 40.0 Å². The van der Waals surface area contributed by atoms with Gasteiger partial charge in [-0.25, -0.2) is 0 Å². The van der Waals surface area contributed by atoms with Crippen LogP contribution in [-0.2, 0) is 4.79 Å². The number of hydrogen-bond acceptors (Lipinski definition) is 2. The van der Waals surface area contributed by atoms with E-state index in [1.54, 1.807) is 0 Å². The van der Waals surface area contributed by atoms with E-state index in [0.29, 0.717) is 5.78 Å². The van der Waals surface area contributed by atoms with Crippen molar-refractivity contribution >= 4 is 5.78 Å². The predicted octanol–water partition coefficient (Wildman–Crippen LogP) is 2.60. The Labute approximate surface area is 87.0 Å². The van der Waals surface area contributed by atoms with Crippen molar-refractivity contribution in [3.05, 3.63) is 11.8 Å².